The van der Waals surface area contributed by atoms with E-state index in [4.69, 9.17) is 4.98 Å². The van der Waals surface area contributed by atoms with Crippen molar-refractivity contribution in [2.75, 3.05) is 0 Å². The third-order valence-corrected chi connectivity index (χ3v) is 4.00. The Kier molecular flexibility index (Phi) is 3.34. The lowest BCUT2D eigenvalue weighted by Gasteiger charge is -2.08. The summed E-state index contributed by atoms with van der Waals surface area (Å²) in [6.45, 7) is 1.93. The van der Waals surface area contributed by atoms with Crippen LogP contribution in [0.2, 0.25) is 0 Å². The van der Waals surface area contributed by atoms with Gasteiger partial charge in [0.25, 0.3) is 0 Å². The van der Waals surface area contributed by atoms with Gasteiger partial charge in [-0.3, -0.25) is 4.68 Å². The van der Waals surface area contributed by atoms with E-state index in [9.17, 15) is 4.39 Å². The van der Waals surface area contributed by atoms with Crippen LogP contribution in [0.3, 0.4) is 0 Å². The second-order valence-corrected chi connectivity index (χ2v) is 5.67. The Morgan fingerprint density at radius 1 is 0.875 bits per heavy atom. The first kappa shape index (κ1) is 14.5. The van der Waals surface area contributed by atoms with Crippen molar-refractivity contribution in [3.63, 3.8) is 0 Å². The third-order valence-electron chi connectivity index (χ3n) is 4.00. The van der Waals surface area contributed by atoms with E-state index in [1.807, 2.05) is 44.3 Å². The summed E-state index contributed by atoms with van der Waals surface area (Å²) in [6.07, 6.45) is 0. The molecule has 0 aliphatic rings. The van der Waals surface area contributed by atoms with Gasteiger partial charge < -0.3 is 0 Å². The van der Waals surface area contributed by atoms with Crippen LogP contribution in [-0.4, -0.2) is 19.7 Å². The molecule has 5 heteroatoms. The topological polar surface area (TPSA) is 43.6 Å². The van der Waals surface area contributed by atoms with Crippen LogP contribution in [0.4, 0.5) is 4.39 Å². The summed E-state index contributed by atoms with van der Waals surface area (Å²) in [7, 11) is 1.89. The molecular weight excluding hydrogens is 303 g/mol. The quantitative estimate of drug-likeness (QED) is 0.558. The van der Waals surface area contributed by atoms with E-state index in [1.165, 1.54) is 12.1 Å². The minimum atomic E-state index is -0.277. The van der Waals surface area contributed by atoms with E-state index >= 15 is 0 Å². The highest BCUT2D eigenvalue weighted by Crippen LogP contribution is 2.30. The summed E-state index contributed by atoms with van der Waals surface area (Å²) in [5, 5.41) is 4.48. The lowest BCUT2D eigenvalue weighted by molar-refractivity contribution is 0.628. The number of rotatable bonds is 2. The average Bonchev–Trinajstić information content (AvgIpc) is 2.90. The van der Waals surface area contributed by atoms with Gasteiger partial charge in [0.15, 0.2) is 5.82 Å². The summed E-state index contributed by atoms with van der Waals surface area (Å²) in [4.78, 5) is 9.42. The normalized spacial score (nSPS) is 11.1. The van der Waals surface area contributed by atoms with Crippen molar-refractivity contribution in [3.05, 3.63) is 66.1 Å². The molecule has 4 nitrogen and oxygen atoms in total. The van der Waals surface area contributed by atoms with Crippen LogP contribution in [0.15, 0.2) is 54.6 Å². The van der Waals surface area contributed by atoms with E-state index in [1.54, 1.807) is 16.8 Å². The minimum Gasteiger partial charge on any atom is -0.264 e. The number of nitrogens with zero attached hydrogens (tertiary/aromatic N) is 4. The molecule has 0 saturated heterocycles. The Bertz CT molecular complexity index is 1020. The van der Waals surface area contributed by atoms with Crippen LogP contribution < -0.4 is 0 Å². The Labute approximate surface area is 138 Å². The van der Waals surface area contributed by atoms with Crippen molar-refractivity contribution in [1.29, 1.82) is 0 Å². The van der Waals surface area contributed by atoms with Gasteiger partial charge in [0.1, 0.15) is 22.5 Å². The van der Waals surface area contributed by atoms with Gasteiger partial charge in [-0.2, -0.15) is 5.10 Å². The zero-order chi connectivity index (χ0) is 16.7. The standard InChI is InChI=1S/C19H15FN4/c1-12-16-18(24(2)23-12)17(13-6-4-3-5-7-13)22-19(21-16)14-8-10-15(20)11-9-14/h3-11H,1-2H3. The predicted octanol–water partition coefficient (Wildman–Crippen LogP) is 4.14. The summed E-state index contributed by atoms with van der Waals surface area (Å²) >= 11 is 0. The lowest BCUT2D eigenvalue weighted by atomic mass is 10.1. The van der Waals surface area contributed by atoms with Crippen LogP contribution >= 0.6 is 0 Å². The maximum atomic E-state index is 13.2. The molecule has 0 unspecified atom stereocenters. The SMILES string of the molecule is Cc1nn(C)c2c(-c3ccccc3)nc(-c3ccc(F)cc3)nc12. The molecule has 4 aromatic rings. The molecule has 0 aliphatic carbocycles. The molecule has 0 bridgehead atoms. The molecule has 0 fully saturated rings. The molecule has 0 saturated carbocycles. The van der Waals surface area contributed by atoms with Crippen molar-refractivity contribution >= 4 is 11.0 Å². The number of halogens is 1. The average molecular weight is 318 g/mol. The molecule has 24 heavy (non-hydrogen) atoms. The third kappa shape index (κ3) is 2.34. The maximum absolute atomic E-state index is 13.2. The van der Waals surface area contributed by atoms with Crippen LogP contribution in [-0.2, 0) is 7.05 Å². The number of aromatic nitrogens is 4. The van der Waals surface area contributed by atoms with Crippen molar-refractivity contribution in [3.8, 4) is 22.6 Å². The largest absolute Gasteiger partial charge is 0.264 e. The van der Waals surface area contributed by atoms with Gasteiger partial charge in [0.2, 0.25) is 0 Å². The van der Waals surface area contributed by atoms with E-state index in [0.29, 0.717) is 5.82 Å². The molecule has 0 amide bonds. The van der Waals surface area contributed by atoms with Crippen LogP contribution in [0.25, 0.3) is 33.7 Å². The summed E-state index contributed by atoms with van der Waals surface area (Å²) < 4.78 is 15.0. The first-order valence-electron chi connectivity index (χ1n) is 7.66. The zero-order valence-corrected chi connectivity index (χ0v) is 13.4. The highest BCUT2D eigenvalue weighted by molar-refractivity contribution is 5.92. The van der Waals surface area contributed by atoms with Crippen molar-refractivity contribution < 1.29 is 4.39 Å². The molecule has 118 valence electrons. The number of hydrogen-bond donors (Lipinski definition) is 0. The summed E-state index contributed by atoms with van der Waals surface area (Å²) in [5.41, 5.74) is 5.14. The summed E-state index contributed by atoms with van der Waals surface area (Å²) in [5.74, 6) is 0.290. The van der Waals surface area contributed by atoms with Gasteiger partial charge in [0, 0.05) is 18.2 Å². The molecule has 0 radical (unpaired) electrons. The highest BCUT2D eigenvalue weighted by Gasteiger charge is 2.17. The monoisotopic (exact) mass is 318 g/mol. The van der Waals surface area contributed by atoms with E-state index in [-0.39, 0.29) is 5.82 Å². The molecule has 2 aromatic carbocycles. The van der Waals surface area contributed by atoms with Crippen molar-refractivity contribution in [1.82, 2.24) is 19.7 Å². The van der Waals surface area contributed by atoms with Gasteiger partial charge in [0.05, 0.1) is 5.69 Å². The Balaban J connectivity index is 2.04. The molecular formula is C19H15FN4. The Morgan fingerprint density at radius 2 is 1.58 bits per heavy atom. The fourth-order valence-electron chi connectivity index (χ4n) is 2.86. The predicted molar refractivity (Wildman–Crippen MR) is 91.9 cm³/mol. The number of fused-ring (bicyclic) bond motifs is 1. The molecule has 0 N–H and O–H groups in total. The Morgan fingerprint density at radius 3 is 2.29 bits per heavy atom. The van der Waals surface area contributed by atoms with Gasteiger partial charge in [-0.15, -0.1) is 0 Å². The molecule has 0 spiro atoms. The Hall–Kier alpha value is -3.08. The fourth-order valence-corrected chi connectivity index (χ4v) is 2.86. The smallest absolute Gasteiger partial charge is 0.160 e. The van der Waals surface area contributed by atoms with E-state index in [0.717, 1.165) is 33.5 Å². The zero-order valence-electron chi connectivity index (χ0n) is 13.4. The van der Waals surface area contributed by atoms with Crippen LogP contribution in [0.1, 0.15) is 5.69 Å². The lowest BCUT2D eigenvalue weighted by Crippen LogP contribution is -1.98. The fraction of sp³-hybridized carbons (Fsp3) is 0.105. The first-order valence-corrected chi connectivity index (χ1v) is 7.66. The van der Waals surface area contributed by atoms with E-state index in [2.05, 4.69) is 10.1 Å². The van der Waals surface area contributed by atoms with Gasteiger partial charge in [-0.25, -0.2) is 14.4 Å². The number of aryl methyl sites for hydroxylation is 2. The van der Waals surface area contributed by atoms with Crippen molar-refractivity contribution in [2.24, 2.45) is 7.05 Å². The number of benzene rings is 2. The molecule has 0 atom stereocenters. The second-order valence-electron chi connectivity index (χ2n) is 5.67. The molecule has 2 heterocycles. The van der Waals surface area contributed by atoms with Gasteiger partial charge >= 0.3 is 0 Å². The van der Waals surface area contributed by atoms with Crippen molar-refractivity contribution in [2.45, 2.75) is 6.92 Å². The van der Waals surface area contributed by atoms with Crippen LogP contribution in [0, 0.1) is 12.7 Å². The first-order chi connectivity index (χ1) is 11.6. The van der Waals surface area contributed by atoms with E-state index < -0.39 is 0 Å². The summed E-state index contributed by atoms with van der Waals surface area (Å²) in [6, 6.07) is 16.2. The second kappa shape index (κ2) is 5.53. The van der Waals surface area contributed by atoms with Gasteiger partial charge in [-0.05, 0) is 31.2 Å². The molecule has 0 aliphatic heterocycles. The minimum absolute atomic E-state index is 0.277. The maximum Gasteiger partial charge on any atom is 0.160 e. The number of hydrogen-bond acceptors (Lipinski definition) is 3. The highest BCUT2D eigenvalue weighted by atomic mass is 19.1. The van der Waals surface area contributed by atoms with Gasteiger partial charge in [-0.1, -0.05) is 30.3 Å². The molecule has 2 aromatic heterocycles. The van der Waals surface area contributed by atoms with Crippen LogP contribution in [0.5, 0.6) is 0 Å². The molecule has 4 rings (SSSR count).